The normalized spacial score (nSPS) is 16.5. The van der Waals surface area contributed by atoms with E-state index in [1.165, 1.54) is 13.8 Å². The summed E-state index contributed by atoms with van der Waals surface area (Å²) in [5.41, 5.74) is 0. The Kier molecular flexibility index (Phi) is 4.20. The van der Waals surface area contributed by atoms with Crippen LogP contribution in [0, 0.1) is 0 Å². The van der Waals surface area contributed by atoms with Crippen LogP contribution in [0.1, 0.15) is 26.7 Å². The highest BCUT2D eigenvalue weighted by Crippen LogP contribution is 2.28. The summed E-state index contributed by atoms with van der Waals surface area (Å²) >= 11 is 0. The summed E-state index contributed by atoms with van der Waals surface area (Å²) in [7, 11) is -3.59. The van der Waals surface area contributed by atoms with E-state index in [2.05, 4.69) is 0 Å². The molecular weight excluding hydrogens is 233 g/mol. The van der Waals surface area contributed by atoms with E-state index in [0.717, 1.165) is 6.26 Å². The van der Waals surface area contributed by atoms with Gasteiger partial charge in [0.05, 0.1) is 10.9 Å². The largest absolute Gasteiger partial charge is 0.391 e. The van der Waals surface area contributed by atoms with Gasteiger partial charge in [0.1, 0.15) is 0 Å². The fourth-order valence-corrected chi connectivity index (χ4v) is 1.51. The number of aliphatic hydroxyl groups is 1. The molecule has 1 atom stereocenters. The summed E-state index contributed by atoms with van der Waals surface area (Å²) in [6.45, 7) is 2.42. The molecule has 0 aromatic heterocycles. The Morgan fingerprint density at radius 2 is 1.67 bits per heavy atom. The predicted molar refractivity (Wildman–Crippen MR) is 50.2 cm³/mol. The molecule has 92 valence electrons. The molecule has 0 fully saturated rings. The van der Waals surface area contributed by atoms with Crippen molar-refractivity contribution >= 4 is 9.84 Å². The van der Waals surface area contributed by atoms with Gasteiger partial charge in [0.15, 0.2) is 9.84 Å². The number of sulfone groups is 1. The van der Waals surface area contributed by atoms with Crippen LogP contribution in [0.4, 0.5) is 13.2 Å². The SMILES string of the molecule is CC(C)(C(O)CCC(F)(F)F)S(C)(=O)=O. The Labute approximate surface area is 87.2 Å². The lowest BCUT2D eigenvalue weighted by Gasteiger charge is -2.28. The van der Waals surface area contributed by atoms with Gasteiger partial charge in [-0.05, 0) is 20.3 Å². The molecular formula is C8H15F3O3S. The van der Waals surface area contributed by atoms with E-state index in [0.29, 0.717) is 0 Å². The lowest BCUT2D eigenvalue weighted by atomic mass is 10.0. The fraction of sp³-hybridized carbons (Fsp3) is 1.00. The van der Waals surface area contributed by atoms with Crippen molar-refractivity contribution in [1.29, 1.82) is 0 Å². The first-order valence-electron chi connectivity index (χ1n) is 4.32. The molecule has 0 aliphatic carbocycles. The highest BCUT2D eigenvalue weighted by molar-refractivity contribution is 7.92. The predicted octanol–water partition coefficient (Wildman–Crippen LogP) is 1.51. The summed E-state index contributed by atoms with van der Waals surface area (Å²) in [6.07, 6.45) is -6.80. The number of hydrogen-bond acceptors (Lipinski definition) is 3. The molecule has 7 heteroatoms. The average Bonchev–Trinajstić information content (AvgIpc) is 1.96. The zero-order valence-electron chi connectivity index (χ0n) is 8.80. The summed E-state index contributed by atoms with van der Waals surface area (Å²) in [5, 5.41) is 9.40. The molecule has 1 unspecified atom stereocenters. The maximum absolute atomic E-state index is 11.8. The van der Waals surface area contributed by atoms with E-state index in [-0.39, 0.29) is 0 Å². The van der Waals surface area contributed by atoms with Gasteiger partial charge in [0.2, 0.25) is 0 Å². The molecule has 0 aliphatic heterocycles. The second-order valence-corrected chi connectivity index (χ2v) is 6.64. The van der Waals surface area contributed by atoms with Gasteiger partial charge in [-0.3, -0.25) is 0 Å². The zero-order valence-corrected chi connectivity index (χ0v) is 9.61. The van der Waals surface area contributed by atoms with Crippen molar-refractivity contribution in [3.05, 3.63) is 0 Å². The maximum atomic E-state index is 11.8. The van der Waals surface area contributed by atoms with Crippen LogP contribution >= 0.6 is 0 Å². The van der Waals surface area contributed by atoms with Gasteiger partial charge in [-0.15, -0.1) is 0 Å². The number of aliphatic hydroxyl groups excluding tert-OH is 1. The molecule has 15 heavy (non-hydrogen) atoms. The smallest absolute Gasteiger partial charge is 0.389 e. The van der Waals surface area contributed by atoms with Crippen molar-refractivity contribution < 1.29 is 26.7 Å². The van der Waals surface area contributed by atoms with E-state index in [4.69, 9.17) is 0 Å². The molecule has 0 saturated heterocycles. The van der Waals surface area contributed by atoms with Crippen LogP contribution in [0.3, 0.4) is 0 Å². The molecule has 0 rings (SSSR count). The molecule has 0 bridgehead atoms. The van der Waals surface area contributed by atoms with Crippen LogP contribution in [0.5, 0.6) is 0 Å². The first-order chi connectivity index (χ1) is 6.38. The molecule has 0 spiro atoms. The second-order valence-electron chi connectivity index (χ2n) is 4.05. The topological polar surface area (TPSA) is 54.4 Å². The minimum Gasteiger partial charge on any atom is -0.391 e. The van der Waals surface area contributed by atoms with Crippen LogP contribution < -0.4 is 0 Å². The van der Waals surface area contributed by atoms with Crippen molar-refractivity contribution in [2.75, 3.05) is 6.26 Å². The van der Waals surface area contributed by atoms with Gasteiger partial charge in [0.25, 0.3) is 0 Å². The number of hydrogen-bond donors (Lipinski definition) is 1. The van der Waals surface area contributed by atoms with E-state index in [1.807, 2.05) is 0 Å². The number of halogens is 3. The molecule has 0 radical (unpaired) electrons. The van der Waals surface area contributed by atoms with E-state index in [1.54, 1.807) is 0 Å². The van der Waals surface area contributed by atoms with Crippen LogP contribution in [0.15, 0.2) is 0 Å². The highest BCUT2D eigenvalue weighted by atomic mass is 32.2. The lowest BCUT2D eigenvalue weighted by Crippen LogP contribution is -2.43. The Morgan fingerprint density at radius 1 is 1.27 bits per heavy atom. The third-order valence-corrected chi connectivity index (χ3v) is 4.64. The third-order valence-electron chi connectivity index (χ3n) is 2.46. The summed E-state index contributed by atoms with van der Waals surface area (Å²) in [6, 6.07) is 0. The summed E-state index contributed by atoms with van der Waals surface area (Å²) < 4.78 is 56.3. The van der Waals surface area contributed by atoms with Crippen molar-refractivity contribution in [2.45, 2.75) is 43.7 Å². The van der Waals surface area contributed by atoms with Crippen LogP contribution in [0.25, 0.3) is 0 Å². The van der Waals surface area contributed by atoms with Crippen molar-refractivity contribution in [1.82, 2.24) is 0 Å². The van der Waals surface area contributed by atoms with Crippen molar-refractivity contribution in [3.63, 3.8) is 0 Å². The second kappa shape index (κ2) is 4.29. The van der Waals surface area contributed by atoms with Crippen molar-refractivity contribution in [3.8, 4) is 0 Å². The molecule has 0 amide bonds. The average molecular weight is 248 g/mol. The first kappa shape index (κ1) is 14.7. The number of rotatable bonds is 4. The minimum absolute atomic E-state index is 0.608. The van der Waals surface area contributed by atoms with Crippen LogP contribution in [0.2, 0.25) is 0 Å². The number of alkyl halides is 3. The van der Waals surface area contributed by atoms with Gasteiger partial charge in [0, 0.05) is 12.7 Å². The first-order valence-corrected chi connectivity index (χ1v) is 6.21. The monoisotopic (exact) mass is 248 g/mol. The van der Waals surface area contributed by atoms with Gasteiger partial charge < -0.3 is 5.11 Å². The Morgan fingerprint density at radius 3 is 1.93 bits per heavy atom. The minimum atomic E-state index is -4.38. The molecule has 0 heterocycles. The molecule has 0 aromatic carbocycles. The Balaban J connectivity index is 4.54. The van der Waals surface area contributed by atoms with Crippen molar-refractivity contribution in [2.24, 2.45) is 0 Å². The standard InChI is InChI=1S/C8H15F3O3S/c1-7(2,15(3,13)14)6(12)4-5-8(9,10)11/h6,12H,4-5H2,1-3H3. The molecule has 0 saturated carbocycles. The Hall–Kier alpha value is -0.300. The van der Waals surface area contributed by atoms with Gasteiger partial charge >= 0.3 is 6.18 Å². The maximum Gasteiger partial charge on any atom is 0.389 e. The quantitative estimate of drug-likeness (QED) is 0.820. The van der Waals surface area contributed by atoms with E-state index in [9.17, 15) is 26.7 Å². The van der Waals surface area contributed by atoms with Gasteiger partial charge in [-0.2, -0.15) is 13.2 Å². The molecule has 0 aromatic rings. The van der Waals surface area contributed by atoms with Crippen LogP contribution in [-0.2, 0) is 9.84 Å². The molecule has 3 nitrogen and oxygen atoms in total. The van der Waals surface area contributed by atoms with E-state index < -0.39 is 39.7 Å². The molecule has 0 aliphatic rings. The third kappa shape index (κ3) is 4.38. The Bertz CT molecular complexity index is 306. The lowest BCUT2D eigenvalue weighted by molar-refractivity contribution is -0.140. The van der Waals surface area contributed by atoms with Crippen LogP contribution in [-0.4, -0.2) is 36.8 Å². The fourth-order valence-electron chi connectivity index (χ4n) is 0.895. The van der Waals surface area contributed by atoms with Gasteiger partial charge in [-0.1, -0.05) is 0 Å². The zero-order chi connectivity index (χ0) is 12.5. The molecule has 1 N–H and O–H groups in total. The van der Waals surface area contributed by atoms with E-state index >= 15 is 0 Å². The summed E-state index contributed by atoms with van der Waals surface area (Å²) in [4.78, 5) is 0. The van der Waals surface area contributed by atoms with Gasteiger partial charge in [-0.25, -0.2) is 8.42 Å². The highest BCUT2D eigenvalue weighted by Gasteiger charge is 2.40. The summed E-state index contributed by atoms with van der Waals surface area (Å²) in [5.74, 6) is 0.